The molecule has 0 fully saturated rings. The second-order valence-electron chi connectivity index (χ2n) is 4.74. The molecule has 0 saturated carbocycles. The Kier molecular flexibility index (Phi) is 4.93. The lowest BCUT2D eigenvalue weighted by molar-refractivity contribution is 0.340. The lowest BCUT2D eigenvalue weighted by Gasteiger charge is -2.22. The van der Waals surface area contributed by atoms with Crippen molar-refractivity contribution in [1.82, 2.24) is 10.2 Å². The van der Waals surface area contributed by atoms with Gasteiger partial charge >= 0.3 is 0 Å². The Hall–Kier alpha value is -1.16. The summed E-state index contributed by atoms with van der Waals surface area (Å²) in [6.45, 7) is 1.94. The fourth-order valence-corrected chi connectivity index (χ4v) is 2.64. The maximum atomic E-state index is 3.63. The normalized spacial score (nSPS) is 12.8. The van der Waals surface area contributed by atoms with Gasteiger partial charge in [0.15, 0.2) is 0 Å². The maximum absolute atomic E-state index is 3.63. The van der Waals surface area contributed by atoms with Crippen molar-refractivity contribution >= 4 is 11.3 Å². The molecule has 1 atom stereocenters. The molecule has 0 bridgehead atoms. The Labute approximate surface area is 113 Å². The summed E-state index contributed by atoms with van der Waals surface area (Å²) >= 11 is 1.75. The summed E-state index contributed by atoms with van der Waals surface area (Å²) < 4.78 is 0. The van der Waals surface area contributed by atoms with Crippen molar-refractivity contribution in [2.75, 3.05) is 20.6 Å². The molecule has 18 heavy (non-hydrogen) atoms. The molecule has 1 N–H and O–H groups in total. The summed E-state index contributed by atoms with van der Waals surface area (Å²) in [4.78, 5) is 2.22. The standard InChI is InChI=1S/C15H20N2S/c1-17(2)11-15(14-6-4-3-5-7-14)16-10-13-8-9-18-12-13/h3-9,12,15-16H,10-11H2,1-2H3. The first-order valence-electron chi connectivity index (χ1n) is 6.20. The lowest BCUT2D eigenvalue weighted by atomic mass is 10.1. The average Bonchev–Trinajstić information content (AvgIpc) is 2.88. The first-order chi connectivity index (χ1) is 8.75. The van der Waals surface area contributed by atoms with Crippen LogP contribution in [-0.4, -0.2) is 25.5 Å². The van der Waals surface area contributed by atoms with E-state index in [2.05, 4.69) is 71.5 Å². The maximum Gasteiger partial charge on any atom is 0.0451 e. The predicted octanol–water partition coefficient (Wildman–Crippen LogP) is 3.14. The molecule has 3 heteroatoms. The van der Waals surface area contributed by atoms with Crippen LogP contribution in [0.1, 0.15) is 17.2 Å². The van der Waals surface area contributed by atoms with Gasteiger partial charge in [-0.05, 0) is 42.0 Å². The van der Waals surface area contributed by atoms with Crippen LogP contribution in [0.15, 0.2) is 47.2 Å². The number of thiophene rings is 1. The van der Waals surface area contributed by atoms with Crippen molar-refractivity contribution in [3.63, 3.8) is 0 Å². The van der Waals surface area contributed by atoms with Crippen molar-refractivity contribution in [2.24, 2.45) is 0 Å². The van der Waals surface area contributed by atoms with Gasteiger partial charge < -0.3 is 10.2 Å². The molecule has 0 aliphatic carbocycles. The molecule has 2 nitrogen and oxygen atoms in total. The van der Waals surface area contributed by atoms with Gasteiger partial charge in [0.25, 0.3) is 0 Å². The topological polar surface area (TPSA) is 15.3 Å². The van der Waals surface area contributed by atoms with Crippen LogP contribution in [0.2, 0.25) is 0 Å². The SMILES string of the molecule is CN(C)CC(NCc1ccsc1)c1ccccc1. The van der Waals surface area contributed by atoms with Gasteiger partial charge in [0.2, 0.25) is 0 Å². The van der Waals surface area contributed by atoms with Crippen LogP contribution >= 0.6 is 11.3 Å². The smallest absolute Gasteiger partial charge is 0.0451 e. The van der Waals surface area contributed by atoms with Crippen molar-refractivity contribution < 1.29 is 0 Å². The van der Waals surface area contributed by atoms with Crippen LogP contribution in [0.3, 0.4) is 0 Å². The highest BCUT2D eigenvalue weighted by Crippen LogP contribution is 2.15. The fraction of sp³-hybridized carbons (Fsp3) is 0.333. The highest BCUT2D eigenvalue weighted by atomic mass is 32.1. The zero-order valence-electron chi connectivity index (χ0n) is 11.0. The summed E-state index contributed by atoms with van der Waals surface area (Å²) in [6.07, 6.45) is 0. The fourth-order valence-electron chi connectivity index (χ4n) is 1.97. The highest BCUT2D eigenvalue weighted by Gasteiger charge is 2.11. The molecule has 1 aromatic heterocycles. The van der Waals surface area contributed by atoms with E-state index in [0.29, 0.717) is 6.04 Å². The number of likely N-dealkylation sites (N-methyl/N-ethyl adjacent to an activating group) is 1. The Bertz CT molecular complexity index is 437. The van der Waals surface area contributed by atoms with E-state index >= 15 is 0 Å². The van der Waals surface area contributed by atoms with E-state index in [1.54, 1.807) is 11.3 Å². The second-order valence-corrected chi connectivity index (χ2v) is 5.52. The van der Waals surface area contributed by atoms with Crippen LogP contribution in [0.25, 0.3) is 0 Å². The van der Waals surface area contributed by atoms with Gasteiger partial charge in [-0.25, -0.2) is 0 Å². The Morgan fingerprint density at radius 1 is 1.17 bits per heavy atom. The molecule has 0 radical (unpaired) electrons. The Balaban J connectivity index is 2.01. The van der Waals surface area contributed by atoms with E-state index in [0.717, 1.165) is 13.1 Å². The minimum Gasteiger partial charge on any atom is -0.308 e. The molecule has 0 saturated heterocycles. The molecule has 0 spiro atoms. The van der Waals surface area contributed by atoms with Crippen molar-refractivity contribution in [1.29, 1.82) is 0 Å². The van der Waals surface area contributed by atoms with E-state index in [1.165, 1.54) is 11.1 Å². The van der Waals surface area contributed by atoms with E-state index in [9.17, 15) is 0 Å². The number of benzene rings is 1. The molecule has 1 unspecified atom stereocenters. The molecule has 2 aromatic rings. The van der Waals surface area contributed by atoms with Gasteiger partial charge in [0.05, 0.1) is 0 Å². The molecule has 0 amide bonds. The zero-order valence-corrected chi connectivity index (χ0v) is 11.8. The third-order valence-electron chi connectivity index (χ3n) is 2.88. The van der Waals surface area contributed by atoms with Gasteiger partial charge in [0.1, 0.15) is 0 Å². The largest absolute Gasteiger partial charge is 0.308 e. The monoisotopic (exact) mass is 260 g/mol. The molecule has 2 rings (SSSR count). The minimum atomic E-state index is 0.376. The zero-order chi connectivity index (χ0) is 12.8. The molecule has 0 aliphatic heterocycles. The van der Waals surface area contributed by atoms with E-state index < -0.39 is 0 Å². The van der Waals surface area contributed by atoms with Crippen molar-refractivity contribution in [3.05, 3.63) is 58.3 Å². The van der Waals surface area contributed by atoms with Gasteiger partial charge in [-0.2, -0.15) is 11.3 Å². The molecule has 96 valence electrons. The van der Waals surface area contributed by atoms with Crippen molar-refractivity contribution in [3.8, 4) is 0 Å². The number of rotatable bonds is 6. The third-order valence-corrected chi connectivity index (χ3v) is 3.61. The quantitative estimate of drug-likeness (QED) is 0.858. The average molecular weight is 260 g/mol. The molecular formula is C15H20N2S. The Morgan fingerprint density at radius 2 is 1.94 bits per heavy atom. The van der Waals surface area contributed by atoms with Gasteiger partial charge in [0, 0.05) is 19.1 Å². The summed E-state index contributed by atoms with van der Waals surface area (Å²) in [7, 11) is 4.23. The molecule has 0 aliphatic rings. The predicted molar refractivity (Wildman–Crippen MR) is 78.9 cm³/mol. The summed E-state index contributed by atoms with van der Waals surface area (Å²) in [5.74, 6) is 0. The second kappa shape index (κ2) is 6.69. The molecule has 1 heterocycles. The molecule has 1 aromatic carbocycles. The number of nitrogens with zero attached hydrogens (tertiary/aromatic N) is 1. The summed E-state index contributed by atoms with van der Waals surface area (Å²) in [5.41, 5.74) is 2.71. The van der Waals surface area contributed by atoms with Crippen LogP contribution in [0.4, 0.5) is 0 Å². The van der Waals surface area contributed by atoms with Crippen LogP contribution in [-0.2, 0) is 6.54 Å². The Morgan fingerprint density at radius 3 is 2.56 bits per heavy atom. The summed E-state index contributed by atoms with van der Waals surface area (Å²) in [6, 6.07) is 13.2. The van der Waals surface area contributed by atoms with Crippen LogP contribution < -0.4 is 5.32 Å². The van der Waals surface area contributed by atoms with Gasteiger partial charge in [-0.15, -0.1) is 0 Å². The molecular weight excluding hydrogens is 240 g/mol. The van der Waals surface area contributed by atoms with E-state index in [1.807, 2.05) is 0 Å². The van der Waals surface area contributed by atoms with Gasteiger partial charge in [-0.1, -0.05) is 30.3 Å². The van der Waals surface area contributed by atoms with Crippen molar-refractivity contribution in [2.45, 2.75) is 12.6 Å². The van der Waals surface area contributed by atoms with Crippen LogP contribution in [0, 0.1) is 0 Å². The lowest BCUT2D eigenvalue weighted by Crippen LogP contribution is -2.30. The van der Waals surface area contributed by atoms with E-state index in [-0.39, 0.29) is 0 Å². The third kappa shape index (κ3) is 3.95. The first-order valence-corrected chi connectivity index (χ1v) is 7.14. The number of hydrogen-bond acceptors (Lipinski definition) is 3. The number of hydrogen-bond donors (Lipinski definition) is 1. The highest BCUT2D eigenvalue weighted by molar-refractivity contribution is 7.07. The first kappa shape index (κ1) is 13.3. The number of nitrogens with one attached hydrogen (secondary N) is 1. The van der Waals surface area contributed by atoms with Gasteiger partial charge in [-0.3, -0.25) is 0 Å². The summed E-state index contributed by atoms with van der Waals surface area (Å²) in [5, 5.41) is 7.96. The minimum absolute atomic E-state index is 0.376. The van der Waals surface area contributed by atoms with E-state index in [4.69, 9.17) is 0 Å². The van der Waals surface area contributed by atoms with Crippen LogP contribution in [0.5, 0.6) is 0 Å².